The van der Waals surface area contributed by atoms with Crippen LogP contribution in [0.25, 0.3) is 0 Å². The number of hydrogen-bond donors (Lipinski definition) is 0. The lowest BCUT2D eigenvalue weighted by atomic mass is 10.2. The summed E-state index contributed by atoms with van der Waals surface area (Å²) in [4.78, 5) is 16.2. The Morgan fingerprint density at radius 3 is 2.46 bits per heavy atom. The van der Waals surface area contributed by atoms with Crippen molar-refractivity contribution < 1.29 is 9.47 Å². The molecule has 0 spiro atoms. The quantitative estimate of drug-likeness (QED) is 0.749. The molecular weight excluding hydrogens is 306 g/mol. The van der Waals surface area contributed by atoms with Crippen molar-refractivity contribution in [3.8, 4) is 0 Å². The maximum absolute atomic E-state index is 5.52. The van der Waals surface area contributed by atoms with E-state index in [-0.39, 0.29) is 6.10 Å². The van der Waals surface area contributed by atoms with Crippen LogP contribution >= 0.6 is 0 Å². The zero-order chi connectivity index (χ0) is 16.9. The van der Waals surface area contributed by atoms with Crippen LogP contribution in [0.4, 0.5) is 5.95 Å². The largest absolute Gasteiger partial charge is 0.383 e. The number of nitrogens with zero attached hydrogens (tertiary/aromatic N) is 5. The maximum Gasteiger partial charge on any atom is 0.225 e. The van der Waals surface area contributed by atoms with Crippen molar-refractivity contribution >= 4 is 5.95 Å². The van der Waals surface area contributed by atoms with Gasteiger partial charge >= 0.3 is 0 Å². The highest BCUT2D eigenvalue weighted by Crippen LogP contribution is 2.22. The third-order valence-electron chi connectivity index (χ3n) is 5.05. The molecule has 0 N–H and O–H groups in total. The van der Waals surface area contributed by atoms with E-state index in [2.05, 4.69) is 31.7 Å². The first-order chi connectivity index (χ1) is 11.7. The van der Waals surface area contributed by atoms with Crippen LogP contribution in [0.3, 0.4) is 0 Å². The minimum Gasteiger partial charge on any atom is -0.383 e. The molecule has 0 unspecified atom stereocenters. The minimum absolute atomic E-state index is 0.288. The lowest BCUT2D eigenvalue weighted by Gasteiger charge is -2.32. The summed E-state index contributed by atoms with van der Waals surface area (Å²) in [5.41, 5.74) is 1.14. The van der Waals surface area contributed by atoms with Gasteiger partial charge in [-0.15, -0.1) is 0 Å². The SMILES string of the molecule is COC[C@@H]1C[C@@H](OC)CN1Cc1cnc(N2CCN(C)CC2)nc1. The van der Waals surface area contributed by atoms with Crippen molar-refractivity contribution in [2.75, 3.05) is 65.5 Å². The van der Waals surface area contributed by atoms with E-state index in [0.717, 1.165) is 63.8 Å². The van der Waals surface area contributed by atoms with Gasteiger partial charge in [-0.25, -0.2) is 9.97 Å². The summed E-state index contributed by atoms with van der Waals surface area (Å²) < 4.78 is 10.9. The third kappa shape index (κ3) is 4.22. The third-order valence-corrected chi connectivity index (χ3v) is 5.05. The molecule has 0 saturated carbocycles. The molecule has 0 amide bonds. The average Bonchev–Trinajstić information content (AvgIpc) is 2.99. The van der Waals surface area contributed by atoms with Crippen molar-refractivity contribution in [3.05, 3.63) is 18.0 Å². The Balaban J connectivity index is 1.59. The fraction of sp³-hybridized carbons (Fsp3) is 0.765. The van der Waals surface area contributed by atoms with Crippen molar-refractivity contribution in [1.29, 1.82) is 0 Å². The van der Waals surface area contributed by atoms with Gasteiger partial charge in [0.15, 0.2) is 0 Å². The van der Waals surface area contributed by atoms with Crippen LogP contribution < -0.4 is 4.90 Å². The van der Waals surface area contributed by atoms with Gasteiger partial charge in [-0.05, 0) is 13.5 Å². The molecule has 134 valence electrons. The monoisotopic (exact) mass is 335 g/mol. The first-order valence-electron chi connectivity index (χ1n) is 8.69. The van der Waals surface area contributed by atoms with Crippen LogP contribution in [0.1, 0.15) is 12.0 Å². The standard InChI is InChI=1S/C17H29N5O2/c1-20-4-6-21(7-5-20)17-18-9-14(10-19-17)11-22-12-16(24-3)8-15(22)13-23-2/h9-10,15-16H,4-8,11-13H2,1-3H3/t15-,16+/m0/s1. The summed E-state index contributed by atoms with van der Waals surface area (Å²) >= 11 is 0. The Morgan fingerprint density at radius 2 is 1.83 bits per heavy atom. The molecule has 7 heteroatoms. The van der Waals surface area contributed by atoms with Crippen LogP contribution in [0.5, 0.6) is 0 Å². The Bertz CT molecular complexity index is 504. The Hall–Kier alpha value is -1.28. The van der Waals surface area contributed by atoms with Crippen LogP contribution in [0.15, 0.2) is 12.4 Å². The number of likely N-dealkylation sites (N-methyl/N-ethyl adjacent to an activating group) is 1. The summed E-state index contributed by atoms with van der Waals surface area (Å²) in [7, 11) is 5.69. The number of piperazine rings is 1. The second-order valence-electron chi connectivity index (χ2n) is 6.81. The molecule has 24 heavy (non-hydrogen) atoms. The molecule has 2 atom stereocenters. The van der Waals surface area contributed by atoms with Crippen molar-refractivity contribution in [2.24, 2.45) is 0 Å². The molecule has 2 aliphatic heterocycles. The smallest absolute Gasteiger partial charge is 0.225 e. The zero-order valence-corrected chi connectivity index (χ0v) is 15.0. The van der Waals surface area contributed by atoms with Crippen LogP contribution in [-0.2, 0) is 16.0 Å². The number of hydrogen-bond acceptors (Lipinski definition) is 7. The van der Waals surface area contributed by atoms with E-state index in [9.17, 15) is 0 Å². The second kappa shape index (κ2) is 8.20. The van der Waals surface area contributed by atoms with Gasteiger partial charge in [0.25, 0.3) is 0 Å². The van der Waals surface area contributed by atoms with E-state index in [4.69, 9.17) is 9.47 Å². The zero-order valence-electron chi connectivity index (χ0n) is 15.0. The van der Waals surface area contributed by atoms with E-state index < -0.39 is 0 Å². The van der Waals surface area contributed by atoms with E-state index >= 15 is 0 Å². The highest BCUT2D eigenvalue weighted by Gasteiger charge is 2.32. The molecule has 0 radical (unpaired) electrons. The number of ether oxygens (including phenoxy) is 2. The van der Waals surface area contributed by atoms with Gasteiger partial charge in [0.2, 0.25) is 5.95 Å². The van der Waals surface area contributed by atoms with E-state index in [0.29, 0.717) is 6.04 Å². The van der Waals surface area contributed by atoms with Gasteiger partial charge in [0, 0.05) is 77.5 Å². The molecule has 1 aromatic heterocycles. The van der Waals surface area contributed by atoms with E-state index in [1.807, 2.05) is 12.4 Å². The van der Waals surface area contributed by atoms with E-state index in [1.54, 1.807) is 14.2 Å². The van der Waals surface area contributed by atoms with Gasteiger partial charge in [-0.1, -0.05) is 0 Å². The van der Waals surface area contributed by atoms with Crippen LogP contribution in [-0.4, -0.2) is 92.5 Å². The summed E-state index contributed by atoms with van der Waals surface area (Å²) in [6.45, 7) is 6.63. The number of methoxy groups -OCH3 is 2. The topological polar surface area (TPSA) is 54.0 Å². The van der Waals surface area contributed by atoms with Crippen LogP contribution in [0, 0.1) is 0 Å². The average molecular weight is 335 g/mol. The second-order valence-corrected chi connectivity index (χ2v) is 6.81. The normalized spacial score (nSPS) is 26.2. The Kier molecular flexibility index (Phi) is 5.99. The number of likely N-dealkylation sites (tertiary alicyclic amines) is 1. The van der Waals surface area contributed by atoms with Crippen LogP contribution in [0.2, 0.25) is 0 Å². The molecule has 0 aromatic carbocycles. The molecule has 2 fully saturated rings. The lowest BCUT2D eigenvalue weighted by molar-refractivity contribution is 0.106. The molecular formula is C17H29N5O2. The molecule has 0 bridgehead atoms. The van der Waals surface area contributed by atoms with Gasteiger partial charge < -0.3 is 19.3 Å². The summed E-state index contributed by atoms with van der Waals surface area (Å²) in [6, 6.07) is 0.400. The fourth-order valence-corrected chi connectivity index (χ4v) is 3.50. The van der Waals surface area contributed by atoms with Crippen molar-refractivity contribution in [1.82, 2.24) is 19.8 Å². The summed E-state index contributed by atoms with van der Waals surface area (Å²) in [5, 5.41) is 0. The molecule has 3 heterocycles. The lowest BCUT2D eigenvalue weighted by Crippen LogP contribution is -2.45. The predicted octanol–water partition coefficient (Wildman–Crippen LogP) is 0.464. The number of anilines is 1. The Morgan fingerprint density at radius 1 is 1.12 bits per heavy atom. The van der Waals surface area contributed by atoms with Gasteiger partial charge in [0.1, 0.15) is 0 Å². The van der Waals surface area contributed by atoms with Gasteiger partial charge in [-0.2, -0.15) is 0 Å². The van der Waals surface area contributed by atoms with Crippen molar-refractivity contribution in [2.45, 2.75) is 25.1 Å². The first kappa shape index (κ1) is 17.5. The van der Waals surface area contributed by atoms with Gasteiger partial charge in [0.05, 0.1) is 12.7 Å². The van der Waals surface area contributed by atoms with Crippen molar-refractivity contribution in [3.63, 3.8) is 0 Å². The molecule has 0 aliphatic carbocycles. The number of rotatable bonds is 6. The number of aromatic nitrogens is 2. The molecule has 2 aliphatic rings. The predicted molar refractivity (Wildman–Crippen MR) is 93.2 cm³/mol. The summed E-state index contributed by atoms with van der Waals surface area (Å²) in [6.07, 6.45) is 5.23. The highest BCUT2D eigenvalue weighted by atomic mass is 16.5. The molecule has 3 rings (SSSR count). The van der Waals surface area contributed by atoms with Gasteiger partial charge in [-0.3, -0.25) is 4.90 Å². The molecule has 2 saturated heterocycles. The van der Waals surface area contributed by atoms with E-state index in [1.165, 1.54) is 0 Å². The Labute approximate surface area is 144 Å². The minimum atomic E-state index is 0.288. The molecule has 7 nitrogen and oxygen atoms in total. The fourth-order valence-electron chi connectivity index (χ4n) is 3.50. The summed E-state index contributed by atoms with van der Waals surface area (Å²) in [5.74, 6) is 0.844. The maximum atomic E-state index is 5.52. The first-order valence-corrected chi connectivity index (χ1v) is 8.69. The molecule has 1 aromatic rings. The highest BCUT2D eigenvalue weighted by molar-refractivity contribution is 5.30.